The molecule has 0 spiro atoms. The van der Waals surface area contributed by atoms with Crippen molar-refractivity contribution in [1.29, 1.82) is 0 Å². The highest BCUT2D eigenvalue weighted by Gasteiger charge is 1.98. The number of hydrogen-bond acceptors (Lipinski definition) is 3. The van der Waals surface area contributed by atoms with Crippen molar-refractivity contribution in [2.24, 2.45) is 0 Å². The van der Waals surface area contributed by atoms with Gasteiger partial charge >= 0.3 is 0 Å². The van der Waals surface area contributed by atoms with Crippen molar-refractivity contribution in [2.45, 2.75) is 39.7 Å². The predicted octanol–water partition coefficient (Wildman–Crippen LogP) is 1.21. The molecule has 0 amide bonds. The van der Waals surface area contributed by atoms with Crippen LogP contribution >= 0.6 is 0 Å². The molecule has 0 aliphatic heterocycles. The number of Topliss-reactive ketones (excluding diaryl/α,β-unsaturated/α-hetero) is 1. The summed E-state index contributed by atoms with van der Waals surface area (Å²) in [4.78, 5) is 10.7. The van der Waals surface area contributed by atoms with Crippen LogP contribution in [0.5, 0.6) is 0 Å². The molecule has 1 aromatic heterocycles. The minimum absolute atomic E-state index is 0.232. The minimum atomic E-state index is 0.232. The Morgan fingerprint density at radius 1 is 1.62 bits per heavy atom. The number of rotatable bonds is 5. The number of hydrogen-bond donors (Lipinski definition) is 0. The van der Waals surface area contributed by atoms with Crippen LogP contribution < -0.4 is 0 Å². The summed E-state index contributed by atoms with van der Waals surface area (Å²) < 4.78 is 1.79. The first-order valence-corrected chi connectivity index (χ1v) is 4.61. The van der Waals surface area contributed by atoms with Gasteiger partial charge in [0.2, 0.25) is 0 Å². The van der Waals surface area contributed by atoms with Crippen LogP contribution in [0.1, 0.15) is 32.4 Å². The fourth-order valence-electron chi connectivity index (χ4n) is 1.10. The Labute approximate surface area is 77.9 Å². The summed E-state index contributed by atoms with van der Waals surface area (Å²) in [5.74, 6) is 0.232. The van der Waals surface area contributed by atoms with Gasteiger partial charge in [0.25, 0.3) is 0 Å². The fraction of sp³-hybridized carbons (Fsp3) is 0.667. The summed E-state index contributed by atoms with van der Waals surface area (Å²) in [7, 11) is 0. The van der Waals surface area contributed by atoms with Crippen LogP contribution in [-0.2, 0) is 17.8 Å². The molecule has 1 heterocycles. The van der Waals surface area contributed by atoms with E-state index in [1.54, 1.807) is 11.6 Å². The monoisotopic (exact) mass is 181 g/mol. The molecule has 0 saturated heterocycles. The van der Waals surface area contributed by atoms with Gasteiger partial charge < -0.3 is 4.79 Å². The van der Waals surface area contributed by atoms with Crippen molar-refractivity contribution in [1.82, 2.24) is 15.0 Å². The maximum atomic E-state index is 10.7. The van der Waals surface area contributed by atoms with Crippen molar-refractivity contribution in [2.75, 3.05) is 0 Å². The molecule has 13 heavy (non-hydrogen) atoms. The first-order valence-electron chi connectivity index (χ1n) is 4.61. The second-order valence-electron chi connectivity index (χ2n) is 3.13. The Bertz CT molecular complexity index is 280. The van der Waals surface area contributed by atoms with Crippen LogP contribution in [0, 0.1) is 0 Å². The third kappa shape index (κ3) is 3.36. The number of ketones is 1. The Balaban J connectivity index is 2.32. The quantitative estimate of drug-likeness (QED) is 0.686. The molecule has 0 atom stereocenters. The largest absolute Gasteiger partial charge is 0.300 e. The topological polar surface area (TPSA) is 47.8 Å². The molecule has 0 bridgehead atoms. The highest BCUT2D eigenvalue weighted by molar-refractivity contribution is 5.75. The molecule has 0 fully saturated rings. The van der Waals surface area contributed by atoms with Gasteiger partial charge in [0.1, 0.15) is 5.78 Å². The summed E-state index contributed by atoms with van der Waals surface area (Å²) in [6, 6.07) is 0. The van der Waals surface area contributed by atoms with Gasteiger partial charge in [-0.1, -0.05) is 12.1 Å². The van der Waals surface area contributed by atoms with E-state index >= 15 is 0 Å². The maximum absolute atomic E-state index is 10.7. The van der Waals surface area contributed by atoms with Gasteiger partial charge in [0.05, 0.1) is 5.69 Å². The van der Waals surface area contributed by atoms with Crippen LogP contribution in [0.3, 0.4) is 0 Å². The van der Waals surface area contributed by atoms with E-state index < -0.39 is 0 Å². The van der Waals surface area contributed by atoms with Gasteiger partial charge in [-0.3, -0.25) is 4.68 Å². The third-order valence-electron chi connectivity index (χ3n) is 1.86. The first kappa shape index (κ1) is 9.89. The highest BCUT2D eigenvalue weighted by atomic mass is 16.1. The smallest absolute Gasteiger partial charge is 0.129 e. The predicted molar refractivity (Wildman–Crippen MR) is 49.3 cm³/mol. The van der Waals surface area contributed by atoms with Crippen LogP contribution in [-0.4, -0.2) is 20.8 Å². The molecule has 0 aliphatic rings. The van der Waals surface area contributed by atoms with Crippen LogP contribution in [0.2, 0.25) is 0 Å². The summed E-state index contributed by atoms with van der Waals surface area (Å²) in [5.41, 5.74) is 1.00. The Hall–Kier alpha value is -1.19. The molecule has 4 nitrogen and oxygen atoms in total. The number of carbonyl (C=O) groups excluding carboxylic acids is 1. The second-order valence-corrected chi connectivity index (χ2v) is 3.13. The Morgan fingerprint density at radius 3 is 2.92 bits per heavy atom. The Morgan fingerprint density at radius 2 is 2.38 bits per heavy atom. The lowest BCUT2D eigenvalue weighted by atomic mass is 10.2. The van der Waals surface area contributed by atoms with E-state index in [0.29, 0.717) is 6.42 Å². The van der Waals surface area contributed by atoms with Crippen LogP contribution in [0.4, 0.5) is 0 Å². The zero-order chi connectivity index (χ0) is 9.68. The molecule has 0 radical (unpaired) electrons. The van der Waals surface area contributed by atoms with E-state index in [9.17, 15) is 4.79 Å². The van der Waals surface area contributed by atoms with Crippen molar-refractivity contribution in [3.63, 3.8) is 0 Å². The van der Waals surface area contributed by atoms with Gasteiger partial charge in [-0.25, -0.2) is 0 Å². The molecule has 0 unspecified atom stereocenters. The lowest BCUT2D eigenvalue weighted by Gasteiger charge is -1.96. The normalized spacial score (nSPS) is 10.3. The lowest BCUT2D eigenvalue weighted by Crippen LogP contribution is -2.01. The second kappa shape index (κ2) is 4.74. The van der Waals surface area contributed by atoms with Crippen molar-refractivity contribution >= 4 is 5.78 Å². The fourth-order valence-corrected chi connectivity index (χ4v) is 1.10. The number of aromatic nitrogens is 3. The van der Waals surface area contributed by atoms with E-state index in [2.05, 4.69) is 10.3 Å². The molecule has 1 aromatic rings. The van der Waals surface area contributed by atoms with Crippen LogP contribution in [0.15, 0.2) is 6.20 Å². The van der Waals surface area contributed by atoms with Gasteiger partial charge in [0, 0.05) is 19.2 Å². The van der Waals surface area contributed by atoms with E-state index in [-0.39, 0.29) is 5.78 Å². The van der Waals surface area contributed by atoms with E-state index in [0.717, 1.165) is 25.1 Å². The van der Waals surface area contributed by atoms with Gasteiger partial charge in [0.15, 0.2) is 0 Å². The summed E-state index contributed by atoms with van der Waals surface area (Å²) in [5, 5.41) is 7.90. The zero-order valence-corrected chi connectivity index (χ0v) is 8.16. The van der Waals surface area contributed by atoms with E-state index in [1.807, 2.05) is 13.1 Å². The first-order chi connectivity index (χ1) is 6.22. The average molecular weight is 181 g/mol. The molecule has 0 aromatic carbocycles. The van der Waals surface area contributed by atoms with Crippen molar-refractivity contribution in [3.05, 3.63) is 11.9 Å². The lowest BCUT2D eigenvalue weighted by molar-refractivity contribution is -0.117. The van der Waals surface area contributed by atoms with Crippen molar-refractivity contribution < 1.29 is 4.79 Å². The van der Waals surface area contributed by atoms with Gasteiger partial charge in [-0.15, -0.1) is 5.10 Å². The molecule has 72 valence electrons. The molecular formula is C9H15N3O. The number of carbonyl (C=O) groups is 1. The molecule has 0 saturated carbocycles. The number of nitrogens with zero attached hydrogens (tertiary/aromatic N) is 3. The average Bonchev–Trinajstić information content (AvgIpc) is 2.52. The van der Waals surface area contributed by atoms with E-state index in [4.69, 9.17) is 0 Å². The van der Waals surface area contributed by atoms with Gasteiger partial charge in [-0.05, 0) is 19.8 Å². The van der Waals surface area contributed by atoms with Crippen LogP contribution in [0.25, 0.3) is 0 Å². The van der Waals surface area contributed by atoms with Crippen molar-refractivity contribution in [3.8, 4) is 0 Å². The molecule has 0 N–H and O–H groups in total. The van der Waals surface area contributed by atoms with Gasteiger partial charge in [-0.2, -0.15) is 0 Å². The molecule has 0 aliphatic carbocycles. The zero-order valence-electron chi connectivity index (χ0n) is 8.16. The SMILES string of the molecule is CCc1cn(CCCC(C)=O)nn1. The number of aryl methyl sites for hydroxylation is 2. The summed E-state index contributed by atoms with van der Waals surface area (Å²) >= 11 is 0. The minimum Gasteiger partial charge on any atom is -0.300 e. The molecular weight excluding hydrogens is 166 g/mol. The Kier molecular flexibility index (Phi) is 3.61. The molecule has 4 heteroatoms. The highest BCUT2D eigenvalue weighted by Crippen LogP contribution is 1.97. The van der Waals surface area contributed by atoms with E-state index in [1.165, 1.54) is 0 Å². The molecule has 1 rings (SSSR count). The summed E-state index contributed by atoms with van der Waals surface area (Å²) in [6.07, 6.45) is 4.32. The third-order valence-corrected chi connectivity index (χ3v) is 1.86. The summed E-state index contributed by atoms with van der Waals surface area (Å²) in [6.45, 7) is 4.44. The maximum Gasteiger partial charge on any atom is 0.129 e. The standard InChI is InChI=1S/C9H15N3O/c1-3-9-7-12(11-10-9)6-4-5-8(2)13/h7H,3-6H2,1-2H3.